The molecule has 0 saturated carbocycles. The second-order valence-electron chi connectivity index (χ2n) is 5.37. The average molecular weight is 294 g/mol. The Bertz CT molecular complexity index is 871. The highest BCUT2D eigenvalue weighted by Gasteiger charge is 2.26. The van der Waals surface area contributed by atoms with Gasteiger partial charge in [-0.3, -0.25) is 14.7 Å². The molecule has 0 N–H and O–H groups in total. The number of carbonyl (C=O) groups excluding carboxylic acids is 1. The molecule has 1 aliphatic rings. The molecule has 0 bridgehead atoms. The summed E-state index contributed by atoms with van der Waals surface area (Å²) in [6.45, 7) is 3.38. The average Bonchev–Trinajstić information content (AvgIpc) is 3.03. The zero-order valence-corrected chi connectivity index (χ0v) is 12.1. The summed E-state index contributed by atoms with van der Waals surface area (Å²) in [6, 6.07) is 7.52. The number of fused-ring (bicyclic) bond motifs is 2. The van der Waals surface area contributed by atoms with Gasteiger partial charge in [0.15, 0.2) is 0 Å². The Labute approximate surface area is 126 Å². The molecule has 0 spiro atoms. The van der Waals surface area contributed by atoms with Crippen LogP contribution in [0.1, 0.15) is 22.3 Å². The van der Waals surface area contributed by atoms with Crippen LogP contribution in [0.3, 0.4) is 0 Å². The number of aryl methyl sites for hydroxylation is 2. The van der Waals surface area contributed by atoms with E-state index in [0.717, 1.165) is 29.4 Å². The maximum Gasteiger partial charge on any atom is 0.260 e. The van der Waals surface area contributed by atoms with Gasteiger partial charge < -0.3 is 0 Å². The standard InChI is InChI=1S/C15H14N6O/c1-10-5-6-16-13-4-3-11(9-12(10)13)14(22)20-7-2-8-21-15(20)17-18-19-21/h3-6,9H,2,7-8H2,1H3. The van der Waals surface area contributed by atoms with Crippen LogP contribution in [-0.4, -0.2) is 37.6 Å². The Hall–Kier alpha value is -2.83. The molecule has 0 saturated heterocycles. The van der Waals surface area contributed by atoms with E-state index in [1.165, 1.54) is 0 Å². The Balaban J connectivity index is 1.77. The Kier molecular flexibility index (Phi) is 2.85. The lowest BCUT2D eigenvalue weighted by Gasteiger charge is -2.25. The predicted molar refractivity (Wildman–Crippen MR) is 80.6 cm³/mol. The minimum atomic E-state index is -0.0825. The van der Waals surface area contributed by atoms with Crippen molar-refractivity contribution in [3.63, 3.8) is 0 Å². The van der Waals surface area contributed by atoms with Gasteiger partial charge in [-0.1, -0.05) is 5.10 Å². The van der Waals surface area contributed by atoms with Crippen molar-refractivity contribution < 1.29 is 4.79 Å². The van der Waals surface area contributed by atoms with Gasteiger partial charge in [-0.15, -0.1) is 0 Å². The molecule has 7 heteroatoms. The van der Waals surface area contributed by atoms with Crippen molar-refractivity contribution in [3.8, 4) is 0 Å². The number of carbonyl (C=O) groups is 1. The fraction of sp³-hybridized carbons (Fsp3) is 0.267. The fourth-order valence-electron chi connectivity index (χ4n) is 2.78. The van der Waals surface area contributed by atoms with Crippen molar-refractivity contribution in [1.29, 1.82) is 0 Å². The van der Waals surface area contributed by atoms with Crippen LogP contribution in [0.4, 0.5) is 5.95 Å². The van der Waals surface area contributed by atoms with Gasteiger partial charge in [-0.05, 0) is 53.6 Å². The number of tetrazole rings is 1. The maximum atomic E-state index is 12.8. The lowest BCUT2D eigenvalue weighted by atomic mass is 10.1. The normalized spacial score (nSPS) is 14.1. The van der Waals surface area contributed by atoms with Gasteiger partial charge in [0, 0.05) is 30.2 Å². The predicted octanol–water partition coefficient (Wildman–Crippen LogP) is 1.58. The van der Waals surface area contributed by atoms with E-state index >= 15 is 0 Å². The van der Waals surface area contributed by atoms with E-state index in [0.29, 0.717) is 18.1 Å². The number of hydrogen-bond donors (Lipinski definition) is 0. The van der Waals surface area contributed by atoms with Crippen LogP contribution in [0.25, 0.3) is 10.9 Å². The minimum absolute atomic E-state index is 0.0825. The number of amides is 1. The summed E-state index contributed by atoms with van der Waals surface area (Å²) in [5.74, 6) is 0.431. The van der Waals surface area contributed by atoms with E-state index in [-0.39, 0.29) is 5.91 Å². The third-order valence-electron chi connectivity index (χ3n) is 3.96. The molecule has 0 aliphatic carbocycles. The molecule has 4 rings (SSSR count). The lowest BCUT2D eigenvalue weighted by molar-refractivity contribution is 0.0980. The summed E-state index contributed by atoms with van der Waals surface area (Å²) in [6.07, 6.45) is 2.62. The third kappa shape index (κ3) is 1.93. The van der Waals surface area contributed by atoms with Gasteiger partial charge in [0.1, 0.15) is 0 Å². The van der Waals surface area contributed by atoms with E-state index in [2.05, 4.69) is 20.5 Å². The molecule has 110 valence electrons. The first-order valence-corrected chi connectivity index (χ1v) is 7.17. The van der Waals surface area contributed by atoms with Crippen molar-refractivity contribution >= 4 is 22.8 Å². The Morgan fingerprint density at radius 2 is 2.14 bits per heavy atom. The highest BCUT2D eigenvalue weighted by atomic mass is 16.2. The molecule has 22 heavy (non-hydrogen) atoms. The van der Waals surface area contributed by atoms with E-state index < -0.39 is 0 Å². The molecular formula is C15H14N6O. The summed E-state index contributed by atoms with van der Waals surface area (Å²) < 4.78 is 1.66. The van der Waals surface area contributed by atoms with Crippen LogP contribution < -0.4 is 4.90 Å². The maximum absolute atomic E-state index is 12.8. The molecule has 0 unspecified atom stereocenters. The van der Waals surface area contributed by atoms with E-state index in [9.17, 15) is 4.79 Å². The summed E-state index contributed by atoms with van der Waals surface area (Å²) in [5.41, 5.74) is 2.61. The van der Waals surface area contributed by atoms with E-state index in [1.807, 2.05) is 25.1 Å². The number of hydrogen-bond acceptors (Lipinski definition) is 5. The largest absolute Gasteiger partial charge is 0.275 e. The van der Waals surface area contributed by atoms with Crippen molar-refractivity contribution in [3.05, 3.63) is 41.6 Å². The zero-order chi connectivity index (χ0) is 15.1. The molecule has 0 radical (unpaired) electrons. The molecular weight excluding hydrogens is 280 g/mol. The first kappa shape index (κ1) is 12.9. The topological polar surface area (TPSA) is 76.8 Å². The van der Waals surface area contributed by atoms with E-state index in [1.54, 1.807) is 21.8 Å². The van der Waals surface area contributed by atoms with Crippen molar-refractivity contribution in [1.82, 2.24) is 25.2 Å². The van der Waals surface area contributed by atoms with Gasteiger partial charge in [-0.2, -0.15) is 0 Å². The first-order valence-electron chi connectivity index (χ1n) is 7.17. The molecule has 0 atom stereocenters. The molecule has 7 nitrogen and oxygen atoms in total. The molecule has 3 aromatic rings. The molecule has 1 aliphatic heterocycles. The number of pyridine rings is 1. The van der Waals surface area contributed by atoms with Gasteiger partial charge in [0.05, 0.1) is 5.52 Å². The fourth-order valence-corrected chi connectivity index (χ4v) is 2.78. The number of benzene rings is 1. The molecule has 2 aromatic heterocycles. The lowest BCUT2D eigenvalue weighted by Crippen LogP contribution is -2.38. The van der Waals surface area contributed by atoms with Crippen LogP contribution in [0.15, 0.2) is 30.5 Å². The van der Waals surface area contributed by atoms with E-state index in [4.69, 9.17) is 0 Å². The molecule has 1 aromatic carbocycles. The zero-order valence-electron chi connectivity index (χ0n) is 12.1. The summed E-state index contributed by atoms with van der Waals surface area (Å²) >= 11 is 0. The molecule has 3 heterocycles. The molecule has 1 amide bonds. The van der Waals surface area contributed by atoms with Crippen LogP contribution in [0.5, 0.6) is 0 Å². The van der Waals surface area contributed by atoms with Gasteiger partial charge in [-0.25, -0.2) is 4.68 Å². The number of nitrogens with zero attached hydrogens (tertiary/aromatic N) is 6. The number of aromatic nitrogens is 5. The number of rotatable bonds is 1. The van der Waals surface area contributed by atoms with Crippen LogP contribution in [0, 0.1) is 6.92 Å². The second kappa shape index (κ2) is 4.87. The van der Waals surface area contributed by atoms with Crippen LogP contribution in [-0.2, 0) is 6.54 Å². The van der Waals surface area contributed by atoms with Gasteiger partial charge in [0.25, 0.3) is 11.9 Å². The van der Waals surface area contributed by atoms with Crippen LogP contribution >= 0.6 is 0 Å². The summed E-state index contributed by atoms with van der Waals surface area (Å²) in [5, 5.41) is 12.5. The summed E-state index contributed by atoms with van der Waals surface area (Å²) in [7, 11) is 0. The van der Waals surface area contributed by atoms with Crippen LogP contribution in [0.2, 0.25) is 0 Å². The highest BCUT2D eigenvalue weighted by Crippen LogP contribution is 2.22. The Morgan fingerprint density at radius 3 is 3.05 bits per heavy atom. The van der Waals surface area contributed by atoms with Gasteiger partial charge >= 0.3 is 0 Å². The SMILES string of the molecule is Cc1ccnc2ccc(C(=O)N3CCCn4nnnc43)cc12. The Morgan fingerprint density at radius 1 is 1.23 bits per heavy atom. The molecule has 0 fully saturated rings. The van der Waals surface area contributed by atoms with Crippen molar-refractivity contribution in [2.24, 2.45) is 0 Å². The minimum Gasteiger partial charge on any atom is -0.275 e. The van der Waals surface area contributed by atoms with Gasteiger partial charge in [0.2, 0.25) is 0 Å². The summed E-state index contributed by atoms with van der Waals surface area (Å²) in [4.78, 5) is 18.8. The third-order valence-corrected chi connectivity index (χ3v) is 3.96. The van der Waals surface area contributed by atoms with Crippen molar-refractivity contribution in [2.45, 2.75) is 19.9 Å². The number of anilines is 1. The first-order chi connectivity index (χ1) is 10.7. The quantitative estimate of drug-likeness (QED) is 0.681. The second-order valence-corrected chi connectivity index (χ2v) is 5.37. The monoisotopic (exact) mass is 294 g/mol. The smallest absolute Gasteiger partial charge is 0.260 e. The highest BCUT2D eigenvalue weighted by molar-refractivity contribution is 6.07. The van der Waals surface area contributed by atoms with Crippen molar-refractivity contribution in [2.75, 3.05) is 11.4 Å².